The minimum Gasteiger partial charge on any atom is -0.382 e. The van der Waals surface area contributed by atoms with Gasteiger partial charge in [-0.05, 0) is 27.3 Å². The molecule has 0 radical (unpaired) electrons. The molecule has 1 rings (SSSR count). The first-order valence-corrected chi connectivity index (χ1v) is 5.59. The van der Waals surface area contributed by atoms with Crippen molar-refractivity contribution < 1.29 is 4.74 Å². The van der Waals surface area contributed by atoms with Crippen molar-refractivity contribution in [1.82, 2.24) is 15.1 Å². The molecule has 0 saturated carbocycles. The Morgan fingerprint density at radius 1 is 1.53 bits per heavy atom. The van der Waals surface area contributed by atoms with Gasteiger partial charge in [0.1, 0.15) is 0 Å². The largest absolute Gasteiger partial charge is 0.382 e. The Balaban J connectivity index is 2.49. The third-order valence-corrected chi connectivity index (χ3v) is 2.48. The van der Waals surface area contributed by atoms with Crippen LogP contribution in [0, 0.1) is 0 Å². The highest BCUT2D eigenvalue weighted by Gasteiger charge is 2.10. The molecule has 1 aromatic heterocycles. The van der Waals surface area contributed by atoms with Crippen LogP contribution in [0.25, 0.3) is 0 Å². The summed E-state index contributed by atoms with van der Waals surface area (Å²) in [6.07, 6.45) is 5.00. The van der Waals surface area contributed by atoms with E-state index in [1.165, 1.54) is 5.56 Å². The number of hydrogen-bond donors (Lipinski definition) is 1. The molecule has 86 valence electrons. The van der Waals surface area contributed by atoms with E-state index in [1.807, 2.05) is 24.9 Å². The highest BCUT2D eigenvalue weighted by molar-refractivity contribution is 5.10. The van der Waals surface area contributed by atoms with Gasteiger partial charge in [-0.1, -0.05) is 0 Å². The lowest BCUT2D eigenvalue weighted by Crippen LogP contribution is -2.17. The van der Waals surface area contributed by atoms with Gasteiger partial charge in [-0.15, -0.1) is 0 Å². The lowest BCUT2D eigenvalue weighted by atomic mass is 10.1. The molecule has 4 nitrogen and oxygen atoms in total. The Morgan fingerprint density at radius 2 is 2.33 bits per heavy atom. The van der Waals surface area contributed by atoms with Crippen LogP contribution in [-0.2, 0) is 11.3 Å². The fourth-order valence-electron chi connectivity index (χ4n) is 1.56. The normalized spacial score (nSPS) is 13.0. The van der Waals surface area contributed by atoms with Crippen LogP contribution >= 0.6 is 0 Å². The van der Waals surface area contributed by atoms with Gasteiger partial charge in [0.15, 0.2) is 0 Å². The van der Waals surface area contributed by atoms with Crippen LogP contribution in [0.4, 0.5) is 0 Å². The van der Waals surface area contributed by atoms with E-state index in [0.29, 0.717) is 6.04 Å². The summed E-state index contributed by atoms with van der Waals surface area (Å²) in [5.41, 5.74) is 1.24. The Kier molecular flexibility index (Phi) is 5.36. The summed E-state index contributed by atoms with van der Waals surface area (Å²) in [4.78, 5) is 0. The van der Waals surface area contributed by atoms with E-state index in [2.05, 4.69) is 23.5 Å². The molecular weight excluding hydrogens is 190 g/mol. The lowest BCUT2D eigenvalue weighted by molar-refractivity contribution is 0.137. The zero-order valence-electron chi connectivity index (χ0n) is 9.86. The summed E-state index contributed by atoms with van der Waals surface area (Å²) >= 11 is 0. The second-order valence-electron chi connectivity index (χ2n) is 3.46. The zero-order valence-corrected chi connectivity index (χ0v) is 9.86. The Morgan fingerprint density at radius 3 is 2.87 bits per heavy atom. The van der Waals surface area contributed by atoms with E-state index >= 15 is 0 Å². The molecule has 0 bridgehead atoms. The SMILES string of the molecule is CCOCCC(NC)c1cnn(CC)c1. The van der Waals surface area contributed by atoms with Gasteiger partial charge in [0.2, 0.25) is 0 Å². The second-order valence-corrected chi connectivity index (χ2v) is 3.46. The van der Waals surface area contributed by atoms with E-state index in [1.54, 1.807) is 0 Å². The maximum atomic E-state index is 5.35. The second kappa shape index (κ2) is 6.58. The van der Waals surface area contributed by atoms with Crippen molar-refractivity contribution in [3.63, 3.8) is 0 Å². The monoisotopic (exact) mass is 211 g/mol. The van der Waals surface area contributed by atoms with Gasteiger partial charge in [-0.3, -0.25) is 4.68 Å². The molecule has 1 N–H and O–H groups in total. The average molecular weight is 211 g/mol. The summed E-state index contributed by atoms with van der Waals surface area (Å²) in [5.74, 6) is 0. The van der Waals surface area contributed by atoms with Gasteiger partial charge >= 0.3 is 0 Å². The van der Waals surface area contributed by atoms with Gasteiger partial charge < -0.3 is 10.1 Å². The van der Waals surface area contributed by atoms with Crippen LogP contribution in [0.1, 0.15) is 31.9 Å². The first-order valence-electron chi connectivity index (χ1n) is 5.59. The van der Waals surface area contributed by atoms with Crippen molar-refractivity contribution in [3.05, 3.63) is 18.0 Å². The van der Waals surface area contributed by atoms with Gasteiger partial charge in [0.25, 0.3) is 0 Å². The van der Waals surface area contributed by atoms with Crippen LogP contribution in [0.2, 0.25) is 0 Å². The van der Waals surface area contributed by atoms with E-state index < -0.39 is 0 Å². The van der Waals surface area contributed by atoms with Crippen molar-refractivity contribution in [1.29, 1.82) is 0 Å². The van der Waals surface area contributed by atoms with E-state index in [9.17, 15) is 0 Å². The number of nitrogens with one attached hydrogen (secondary N) is 1. The van der Waals surface area contributed by atoms with Crippen molar-refractivity contribution in [3.8, 4) is 0 Å². The van der Waals surface area contributed by atoms with Gasteiger partial charge in [0.05, 0.1) is 6.20 Å². The first kappa shape index (κ1) is 12.2. The molecule has 0 aliphatic rings. The van der Waals surface area contributed by atoms with Crippen molar-refractivity contribution in [2.24, 2.45) is 0 Å². The van der Waals surface area contributed by atoms with Crippen LogP contribution in [-0.4, -0.2) is 30.0 Å². The van der Waals surface area contributed by atoms with Crippen molar-refractivity contribution in [2.75, 3.05) is 20.3 Å². The van der Waals surface area contributed by atoms with E-state index in [4.69, 9.17) is 4.74 Å². The molecule has 15 heavy (non-hydrogen) atoms. The fourth-order valence-corrected chi connectivity index (χ4v) is 1.56. The molecule has 0 amide bonds. The van der Waals surface area contributed by atoms with Crippen LogP contribution in [0.5, 0.6) is 0 Å². The summed E-state index contributed by atoms with van der Waals surface area (Å²) < 4.78 is 7.30. The zero-order chi connectivity index (χ0) is 11.1. The molecule has 0 fully saturated rings. The standard InChI is InChI=1S/C11H21N3O/c1-4-14-9-10(8-13-14)11(12-3)6-7-15-5-2/h8-9,11-12H,4-7H2,1-3H3. The Bertz CT molecular complexity index is 273. The van der Waals surface area contributed by atoms with Crippen LogP contribution < -0.4 is 5.32 Å². The van der Waals surface area contributed by atoms with E-state index in [0.717, 1.165) is 26.2 Å². The van der Waals surface area contributed by atoms with Gasteiger partial charge in [0, 0.05) is 37.6 Å². The molecule has 0 saturated heterocycles. The van der Waals surface area contributed by atoms with Gasteiger partial charge in [-0.2, -0.15) is 5.10 Å². The molecule has 1 atom stereocenters. The number of aryl methyl sites for hydroxylation is 1. The Hall–Kier alpha value is -0.870. The van der Waals surface area contributed by atoms with Crippen molar-refractivity contribution >= 4 is 0 Å². The highest BCUT2D eigenvalue weighted by Crippen LogP contribution is 2.15. The predicted molar refractivity (Wildman–Crippen MR) is 60.8 cm³/mol. The average Bonchev–Trinajstić information content (AvgIpc) is 2.73. The maximum Gasteiger partial charge on any atom is 0.0537 e. The van der Waals surface area contributed by atoms with Gasteiger partial charge in [-0.25, -0.2) is 0 Å². The smallest absolute Gasteiger partial charge is 0.0537 e. The van der Waals surface area contributed by atoms with E-state index in [-0.39, 0.29) is 0 Å². The molecule has 0 spiro atoms. The number of ether oxygens (including phenoxy) is 1. The predicted octanol–water partition coefficient (Wildman–Crippen LogP) is 1.59. The molecule has 1 aromatic rings. The molecule has 0 aliphatic heterocycles. The lowest BCUT2D eigenvalue weighted by Gasteiger charge is -2.13. The number of rotatable bonds is 7. The molecule has 1 unspecified atom stereocenters. The van der Waals surface area contributed by atoms with Crippen LogP contribution in [0.3, 0.4) is 0 Å². The third kappa shape index (κ3) is 3.64. The summed E-state index contributed by atoms with van der Waals surface area (Å²) in [7, 11) is 1.97. The minimum atomic E-state index is 0.344. The van der Waals surface area contributed by atoms with Crippen LogP contribution in [0.15, 0.2) is 12.4 Å². The highest BCUT2D eigenvalue weighted by atomic mass is 16.5. The molecule has 0 aliphatic carbocycles. The molecular formula is C11H21N3O. The summed E-state index contributed by atoms with van der Waals surface area (Å²) in [6, 6.07) is 0.344. The summed E-state index contributed by atoms with van der Waals surface area (Å²) in [6.45, 7) is 6.60. The fraction of sp³-hybridized carbons (Fsp3) is 0.727. The quantitative estimate of drug-likeness (QED) is 0.696. The number of hydrogen-bond acceptors (Lipinski definition) is 3. The molecule has 0 aromatic carbocycles. The first-order chi connectivity index (χ1) is 7.31. The maximum absolute atomic E-state index is 5.35. The molecule has 1 heterocycles. The Labute approximate surface area is 91.6 Å². The third-order valence-electron chi connectivity index (χ3n) is 2.48. The topological polar surface area (TPSA) is 39.1 Å². The summed E-state index contributed by atoms with van der Waals surface area (Å²) in [5, 5.41) is 7.55. The molecule has 4 heteroatoms. The number of aromatic nitrogens is 2. The minimum absolute atomic E-state index is 0.344. The number of nitrogens with zero attached hydrogens (tertiary/aromatic N) is 2. The van der Waals surface area contributed by atoms with Crippen molar-refractivity contribution in [2.45, 2.75) is 32.9 Å².